The number of aromatic nitrogens is 1. The fourth-order valence-electron chi connectivity index (χ4n) is 3.53. The van der Waals surface area contributed by atoms with Crippen LogP contribution in [0.25, 0.3) is 0 Å². The van der Waals surface area contributed by atoms with E-state index in [0.717, 1.165) is 23.4 Å². The normalized spacial score (nSPS) is 18.2. The molecule has 0 radical (unpaired) electrons. The SMILES string of the molecule is CCc1ccccc1NC(=O)c1cc(N(CC)C2CCS(=O)(=O)C2)ccn1. The predicted molar refractivity (Wildman–Crippen MR) is 108 cm³/mol. The van der Waals surface area contributed by atoms with Gasteiger partial charge in [-0.25, -0.2) is 8.42 Å². The number of sulfone groups is 1. The summed E-state index contributed by atoms with van der Waals surface area (Å²) in [5, 5.41) is 2.93. The molecular weight excluding hydrogens is 362 g/mol. The van der Waals surface area contributed by atoms with E-state index in [2.05, 4.69) is 10.3 Å². The summed E-state index contributed by atoms with van der Waals surface area (Å²) in [5.41, 5.74) is 2.99. The number of hydrogen-bond acceptors (Lipinski definition) is 5. The van der Waals surface area contributed by atoms with Crippen LogP contribution in [-0.4, -0.2) is 43.4 Å². The van der Waals surface area contributed by atoms with E-state index in [1.807, 2.05) is 49.1 Å². The maximum Gasteiger partial charge on any atom is 0.274 e. The molecule has 0 aliphatic carbocycles. The fourth-order valence-corrected chi connectivity index (χ4v) is 5.26. The summed E-state index contributed by atoms with van der Waals surface area (Å²) >= 11 is 0. The molecule has 1 saturated heterocycles. The number of hydrogen-bond donors (Lipinski definition) is 1. The van der Waals surface area contributed by atoms with Crippen LogP contribution in [0.2, 0.25) is 0 Å². The van der Waals surface area contributed by atoms with Crippen LogP contribution < -0.4 is 10.2 Å². The first-order chi connectivity index (χ1) is 12.9. The number of benzene rings is 1. The highest BCUT2D eigenvalue weighted by Crippen LogP contribution is 2.25. The molecule has 1 atom stereocenters. The minimum Gasteiger partial charge on any atom is -0.368 e. The zero-order valence-electron chi connectivity index (χ0n) is 15.7. The third-order valence-corrected chi connectivity index (χ3v) is 6.69. The molecule has 27 heavy (non-hydrogen) atoms. The molecular formula is C20H25N3O3S. The Kier molecular flexibility index (Phi) is 5.79. The van der Waals surface area contributed by atoms with Gasteiger partial charge in [-0.05, 0) is 43.5 Å². The molecule has 1 fully saturated rings. The number of aryl methyl sites for hydroxylation is 1. The third kappa shape index (κ3) is 4.47. The van der Waals surface area contributed by atoms with Crippen molar-refractivity contribution < 1.29 is 13.2 Å². The first-order valence-electron chi connectivity index (χ1n) is 9.26. The second-order valence-corrected chi connectivity index (χ2v) is 8.94. The molecule has 1 aromatic heterocycles. The van der Waals surface area contributed by atoms with E-state index in [4.69, 9.17) is 0 Å². The lowest BCUT2D eigenvalue weighted by atomic mass is 10.1. The molecule has 1 aliphatic heterocycles. The first kappa shape index (κ1) is 19.4. The van der Waals surface area contributed by atoms with Gasteiger partial charge in [-0.2, -0.15) is 0 Å². The molecule has 1 aromatic carbocycles. The molecule has 0 saturated carbocycles. The van der Waals surface area contributed by atoms with Gasteiger partial charge >= 0.3 is 0 Å². The van der Waals surface area contributed by atoms with E-state index in [-0.39, 0.29) is 23.5 Å². The van der Waals surface area contributed by atoms with Crippen molar-refractivity contribution >= 4 is 27.1 Å². The molecule has 0 bridgehead atoms. The number of amides is 1. The summed E-state index contributed by atoms with van der Waals surface area (Å²) in [4.78, 5) is 18.9. The lowest BCUT2D eigenvalue weighted by molar-refractivity contribution is 0.102. The molecule has 7 heteroatoms. The van der Waals surface area contributed by atoms with Gasteiger partial charge in [-0.15, -0.1) is 0 Å². The molecule has 1 aliphatic rings. The molecule has 1 N–H and O–H groups in total. The minimum atomic E-state index is -2.97. The summed E-state index contributed by atoms with van der Waals surface area (Å²) in [6, 6.07) is 11.2. The number of para-hydroxylation sites is 1. The van der Waals surface area contributed by atoms with Crippen molar-refractivity contribution in [2.45, 2.75) is 32.7 Å². The van der Waals surface area contributed by atoms with E-state index in [1.54, 1.807) is 12.3 Å². The lowest BCUT2D eigenvalue weighted by Crippen LogP contribution is -2.36. The summed E-state index contributed by atoms with van der Waals surface area (Å²) in [6.07, 6.45) is 3.04. The van der Waals surface area contributed by atoms with Crippen LogP contribution in [0.3, 0.4) is 0 Å². The summed E-state index contributed by atoms with van der Waals surface area (Å²) < 4.78 is 23.7. The average molecular weight is 388 g/mol. The Morgan fingerprint density at radius 1 is 1.26 bits per heavy atom. The zero-order valence-corrected chi connectivity index (χ0v) is 16.5. The molecule has 0 spiro atoms. The van der Waals surface area contributed by atoms with Crippen LogP contribution in [0.1, 0.15) is 36.3 Å². The largest absolute Gasteiger partial charge is 0.368 e. The summed E-state index contributed by atoms with van der Waals surface area (Å²) in [7, 11) is -2.97. The van der Waals surface area contributed by atoms with Crippen LogP contribution in [0, 0.1) is 0 Å². The smallest absolute Gasteiger partial charge is 0.274 e. The number of nitrogens with zero attached hydrogens (tertiary/aromatic N) is 2. The lowest BCUT2D eigenvalue weighted by Gasteiger charge is -2.29. The van der Waals surface area contributed by atoms with Gasteiger partial charge in [0.2, 0.25) is 0 Å². The number of pyridine rings is 1. The van der Waals surface area contributed by atoms with Crippen LogP contribution >= 0.6 is 0 Å². The van der Waals surface area contributed by atoms with E-state index in [9.17, 15) is 13.2 Å². The van der Waals surface area contributed by atoms with Crippen molar-refractivity contribution in [3.05, 3.63) is 53.9 Å². The highest BCUT2D eigenvalue weighted by molar-refractivity contribution is 7.91. The van der Waals surface area contributed by atoms with Crippen LogP contribution in [-0.2, 0) is 16.3 Å². The Morgan fingerprint density at radius 2 is 2.04 bits per heavy atom. The fraction of sp³-hybridized carbons (Fsp3) is 0.400. The standard InChI is InChI=1S/C20H25N3O3S/c1-3-15-7-5-6-8-18(15)22-20(24)19-13-16(9-11-21-19)23(4-2)17-10-12-27(25,26)14-17/h5-9,11,13,17H,3-4,10,12,14H2,1-2H3,(H,22,24). The first-order valence-corrected chi connectivity index (χ1v) is 11.1. The highest BCUT2D eigenvalue weighted by atomic mass is 32.2. The number of carbonyl (C=O) groups excluding carboxylic acids is 1. The summed E-state index contributed by atoms with van der Waals surface area (Å²) in [6.45, 7) is 4.70. The quantitative estimate of drug-likeness (QED) is 0.824. The monoisotopic (exact) mass is 387 g/mol. The van der Waals surface area contributed by atoms with Crippen molar-refractivity contribution in [1.29, 1.82) is 0 Å². The van der Waals surface area contributed by atoms with Gasteiger partial charge in [-0.3, -0.25) is 9.78 Å². The molecule has 2 aromatic rings. The Bertz CT molecular complexity index is 928. The number of rotatable bonds is 6. The van der Waals surface area contributed by atoms with Crippen molar-refractivity contribution in [2.75, 3.05) is 28.3 Å². The van der Waals surface area contributed by atoms with E-state index < -0.39 is 9.84 Å². The van der Waals surface area contributed by atoms with Gasteiger partial charge in [0, 0.05) is 30.2 Å². The number of carbonyl (C=O) groups is 1. The zero-order chi connectivity index (χ0) is 19.4. The van der Waals surface area contributed by atoms with Crippen molar-refractivity contribution in [3.63, 3.8) is 0 Å². The number of anilines is 2. The van der Waals surface area contributed by atoms with Gasteiger partial charge in [0.25, 0.3) is 5.91 Å². The second kappa shape index (κ2) is 8.08. The Hall–Kier alpha value is -2.41. The second-order valence-electron chi connectivity index (χ2n) is 6.71. The minimum absolute atomic E-state index is 0.0564. The Balaban J connectivity index is 1.81. The van der Waals surface area contributed by atoms with Crippen LogP contribution in [0.15, 0.2) is 42.6 Å². The van der Waals surface area contributed by atoms with Gasteiger partial charge in [-0.1, -0.05) is 25.1 Å². The molecule has 6 nitrogen and oxygen atoms in total. The molecule has 1 amide bonds. The third-order valence-electron chi connectivity index (χ3n) is 4.94. The Labute approximate surface area is 160 Å². The van der Waals surface area contributed by atoms with Crippen molar-refractivity contribution in [1.82, 2.24) is 4.98 Å². The van der Waals surface area contributed by atoms with E-state index in [0.29, 0.717) is 18.7 Å². The Morgan fingerprint density at radius 3 is 2.70 bits per heavy atom. The highest BCUT2D eigenvalue weighted by Gasteiger charge is 2.32. The molecule has 1 unspecified atom stereocenters. The van der Waals surface area contributed by atoms with Crippen molar-refractivity contribution in [2.24, 2.45) is 0 Å². The number of nitrogens with one attached hydrogen (secondary N) is 1. The average Bonchev–Trinajstić information content (AvgIpc) is 3.02. The van der Waals surface area contributed by atoms with Gasteiger partial charge in [0.05, 0.1) is 11.5 Å². The maximum atomic E-state index is 12.7. The topological polar surface area (TPSA) is 79.4 Å². The van der Waals surface area contributed by atoms with Gasteiger partial charge < -0.3 is 10.2 Å². The van der Waals surface area contributed by atoms with Crippen LogP contribution in [0.4, 0.5) is 11.4 Å². The molecule has 2 heterocycles. The van der Waals surface area contributed by atoms with Gasteiger partial charge in [0.15, 0.2) is 9.84 Å². The van der Waals surface area contributed by atoms with Gasteiger partial charge in [0.1, 0.15) is 5.69 Å². The molecule has 3 rings (SSSR count). The maximum absolute atomic E-state index is 12.7. The summed E-state index contributed by atoms with van der Waals surface area (Å²) in [5.74, 6) is 0.113. The molecule has 144 valence electrons. The van der Waals surface area contributed by atoms with Crippen molar-refractivity contribution in [3.8, 4) is 0 Å². The van der Waals surface area contributed by atoms with E-state index >= 15 is 0 Å². The van der Waals surface area contributed by atoms with E-state index in [1.165, 1.54) is 0 Å². The predicted octanol–water partition coefficient (Wildman–Crippen LogP) is 2.91. The van der Waals surface area contributed by atoms with Crippen LogP contribution in [0.5, 0.6) is 0 Å².